The van der Waals surface area contributed by atoms with E-state index in [1.807, 2.05) is 0 Å². The van der Waals surface area contributed by atoms with Crippen LogP contribution in [0.5, 0.6) is 0 Å². The van der Waals surface area contributed by atoms with Crippen LogP contribution in [0.2, 0.25) is 0 Å². The lowest BCUT2D eigenvalue weighted by molar-refractivity contribution is -0.136. The van der Waals surface area contributed by atoms with Gasteiger partial charge in [-0.3, -0.25) is 19.2 Å². The minimum Gasteiger partial charge on any atom is -0.291 e. The zero-order valence-electron chi connectivity index (χ0n) is 8.46. The zero-order valence-corrected chi connectivity index (χ0v) is 8.46. The third kappa shape index (κ3) is 5.35. The Morgan fingerprint density at radius 2 is 1.00 bits per heavy atom. The zero-order chi connectivity index (χ0) is 11.1. The first-order valence-electron chi connectivity index (χ1n) is 4.52. The Morgan fingerprint density at radius 1 is 0.714 bits per heavy atom. The quantitative estimate of drug-likeness (QED) is 0.449. The second kappa shape index (κ2) is 6.18. The van der Waals surface area contributed by atoms with E-state index in [1.165, 1.54) is 13.8 Å². The van der Waals surface area contributed by atoms with Crippen molar-refractivity contribution in [2.45, 2.75) is 39.5 Å². The first-order valence-corrected chi connectivity index (χ1v) is 4.52. The molecule has 0 aromatic heterocycles. The van der Waals surface area contributed by atoms with E-state index in [0.717, 1.165) is 0 Å². The molecule has 0 rings (SSSR count). The molecule has 0 aromatic rings. The van der Waals surface area contributed by atoms with Gasteiger partial charge >= 0.3 is 0 Å². The van der Waals surface area contributed by atoms with Crippen LogP contribution in [0.3, 0.4) is 0 Å². The van der Waals surface area contributed by atoms with Crippen LogP contribution in [0.1, 0.15) is 39.5 Å². The number of carbonyl (C=O) groups excluding carboxylic acids is 4. The molecule has 14 heavy (non-hydrogen) atoms. The normalized spacial score (nSPS) is 9.57. The Bertz CT molecular complexity index is 237. The number of ketones is 4. The maximum absolute atomic E-state index is 10.8. The van der Waals surface area contributed by atoms with Gasteiger partial charge in [0.15, 0.2) is 23.1 Å². The molecule has 0 saturated heterocycles. The average molecular weight is 198 g/mol. The Kier molecular flexibility index (Phi) is 5.60. The minimum atomic E-state index is -0.456. The van der Waals surface area contributed by atoms with Crippen molar-refractivity contribution in [3.8, 4) is 0 Å². The standard InChI is InChI=1S/C10H14O4/c1-7(11)9(13)5-3-4-6-10(14)8(2)12/h3-6H2,1-2H3. The fourth-order valence-corrected chi connectivity index (χ4v) is 0.923. The summed E-state index contributed by atoms with van der Waals surface area (Å²) in [5.74, 6) is -1.74. The largest absolute Gasteiger partial charge is 0.291 e. The molecule has 0 fully saturated rings. The second-order valence-electron chi connectivity index (χ2n) is 3.17. The SMILES string of the molecule is CC(=O)C(=O)CCCCC(=O)C(C)=O. The summed E-state index contributed by atoms with van der Waals surface area (Å²) in [5.41, 5.74) is 0. The molecule has 0 aliphatic carbocycles. The first-order chi connectivity index (χ1) is 6.45. The molecule has 4 nitrogen and oxygen atoms in total. The highest BCUT2D eigenvalue weighted by Crippen LogP contribution is 2.02. The summed E-state index contributed by atoms with van der Waals surface area (Å²) in [6, 6.07) is 0. The molecule has 0 amide bonds. The molecule has 0 radical (unpaired) electrons. The Hall–Kier alpha value is -1.32. The second-order valence-corrected chi connectivity index (χ2v) is 3.17. The van der Waals surface area contributed by atoms with Gasteiger partial charge in [0.1, 0.15) is 0 Å². The van der Waals surface area contributed by atoms with Crippen molar-refractivity contribution in [3.63, 3.8) is 0 Å². The summed E-state index contributed by atoms with van der Waals surface area (Å²) in [6.07, 6.45) is 1.30. The highest BCUT2D eigenvalue weighted by Gasteiger charge is 2.09. The van der Waals surface area contributed by atoms with E-state index >= 15 is 0 Å². The summed E-state index contributed by atoms with van der Waals surface area (Å²) in [4.78, 5) is 42.7. The molecule has 0 aromatic carbocycles. The predicted octanol–water partition coefficient (Wildman–Crippen LogP) is 0.863. The van der Waals surface area contributed by atoms with Crippen LogP contribution in [-0.4, -0.2) is 23.1 Å². The van der Waals surface area contributed by atoms with Gasteiger partial charge in [-0.2, -0.15) is 0 Å². The molecule has 0 N–H and O–H groups in total. The van der Waals surface area contributed by atoms with Crippen LogP contribution in [0, 0.1) is 0 Å². The number of Topliss-reactive ketones (excluding diaryl/α,β-unsaturated/α-hetero) is 4. The predicted molar refractivity (Wildman–Crippen MR) is 49.8 cm³/mol. The van der Waals surface area contributed by atoms with Gasteiger partial charge in [0.2, 0.25) is 0 Å². The topological polar surface area (TPSA) is 68.3 Å². The molecule has 0 heterocycles. The number of hydrogen-bond donors (Lipinski definition) is 0. The van der Waals surface area contributed by atoms with Crippen LogP contribution < -0.4 is 0 Å². The van der Waals surface area contributed by atoms with E-state index in [2.05, 4.69) is 0 Å². The van der Waals surface area contributed by atoms with Crippen molar-refractivity contribution in [2.75, 3.05) is 0 Å². The fourth-order valence-electron chi connectivity index (χ4n) is 0.923. The Labute approximate surface area is 82.7 Å². The lowest BCUT2D eigenvalue weighted by Crippen LogP contribution is -2.11. The summed E-state index contributed by atoms with van der Waals surface area (Å²) in [7, 11) is 0. The molecular formula is C10H14O4. The van der Waals surface area contributed by atoms with E-state index in [1.54, 1.807) is 0 Å². The lowest BCUT2D eigenvalue weighted by atomic mass is 10.1. The highest BCUT2D eigenvalue weighted by atomic mass is 16.2. The van der Waals surface area contributed by atoms with E-state index < -0.39 is 23.1 Å². The molecule has 0 atom stereocenters. The Balaban J connectivity index is 3.57. The summed E-state index contributed by atoms with van der Waals surface area (Å²) in [5, 5.41) is 0. The molecule has 78 valence electrons. The number of unbranched alkanes of at least 4 members (excludes halogenated alkanes) is 1. The number of hydrogen-bond acceptors (Lipinski definition) is 4. The fraction of sp³-hybridized carbons (Fsp3) is 0.600. The summed E-state index contributed by atoms with van der Waals surface area (Å²) >= 11 is 0. The summed E-state index contributed by atoms with van der Waals surface area (Å²) in [6.45, 7) is 2.45. The molecule has 0 spiro atoms. The molecule has 4 heteroatoms. The van der Waals surface area contributed by atoms with Crippen molar-refractivity contribution in [1.29, 1.82) is 0 Å². The van der Waals surface area contributed by atoms with Crippen LogP contribution in [0.25, 0.3) is 0 Å². The molecule has 0 bridgehead atoms. The third-order valence-corrected chi connectivity index (χ3v) is 1.84. The van der Waals surface area contributed by atoms with E-state index in [0.29, 0.717) is 12.8 Å². The molecule has 0 aliphatic rings. The van der Waals surface area contributed by atoms with Gasteiger partial charge in [-0.05, 0) is 12.8 Å². The lowest BCUT2D eigenvalue weighted by Gasteiger charge is -1.96. The van der Waals surface area contributed by atoms with Crippen LogP contribution in [-0.2, 0) is 19.2 Å². The smallest absolute Gasteiger partial charge is 0.198 e. The number of rotatable bonds is 7. The first kappa shape index (κ1) is 12.7. The van der Waals surface area contributed by atoms with Gasteiger partial charge in [0.25, 0.3) is 0 Å². The maximum atomic E-state index is 10.8. The van der Waals surface area contributed by atoms with Gasteiger partial charge in [0, 0.05) is 26.7 Å². The van der Waals surface area contributed by atoms with Gasteiger partial charge in [-0.25, -0.2) is 0 Å². The van der Waals surface area contributed by atoms with Crippen LogP contribution >= 0.6 is 0 Å². The van der Waals surface area contributed by atoms with Gasteiger partial charge in [-0.1, -0.05) is 0 Å². The molecule has 0 saturated carbocycles. The van der Waals surface area contributed by atoms with Gasteiger partial charge < -0.3 is 0 Å². The number of carbonyl (C=O) groups is 4. The van der Waals surface area contributed by atoms with E-state index in [4.69, 9.17) is 0 Å². The van der Waals surface area contributed by atoms with Crippen LogP contribution in [0.15, 0.2) is 0 Å². The average Bonchev–Trinajstić information content (AvgIpc) is 2.11. The maximum Gasteiger partial charge on any atom is 0.198 e. The van der Waals surface area contributed by atoms with Crippen molar-refractivity contribution in [3.05, 3.63) is 0 Å². The molecular weight excluding hydrogens is 184 g/mol. The van der Waals surface area contributed by atoms with E-state index in [9.17, 15) is 19.2 Å². The van der Waals surface area contributed by atoms with Crippen molar-refractivity contribution in [1.82, 2.24) is 0 Å². The van der Waals surface area contributed by atoms with Crippen molar-refractivity contribution in [2.24, 2.45) is 0 Å². The third-order valence-electron chi connectivity index (χ3n) is 1.84. The van der Waals surface area contributed by atoms with Crippen molar-refractivity contribution < 1.29 is 19.2 Å². The molecule has 0 aliphatic heterocycles. The van der Waals surface area contributed by atoms with Crippen LogP contribution in [0.4, 0.5) is 0 Å². The molecule has 0 unspecified atom stereocenters. The van der Waals surface area contributed by atoms with Gasteiger partial charge in [-0.15, -0.1) is 0 Å². The van der Waals surface area contributed by atoms with E-state index in [-0.39, 0.29) is 12.8 Å². The monoisotopic (exact) mass is 198 g/mol. The minimum absolute atomic E-state index is 0.167. The Morgan fingerprint density at radius 3 is 1.21 bits per heavy atom. The summed E-state index contributed by atoms with van der Waals surface area (Å²) < 4.78 is 0. The van der Waals surface area contributed by atoms with Gasteiger partial charge in [0.05, 0.1) is 0 Å². The highest BCUT2D eigenvalue weighted by molar-refractivity contribution is 6.36. The van der Waals surface area contributed by atoms with Crippen molar-refractivity contribution >= 4 is 23.1 Å².